The molecule has 2 rings (SSSR count). The number of benzene rings is 1. The van der Waals surface area contributed by atoms with E-state index in [1.54, 1.807) is 11.8 Å². The summed E-state index contributed by atoms with van der Waals surface area (Å²) in [6.45, 7) is 0. The minimum atomic E-state index is -0.156. The van der Waals surface area contributed by atoms with Crippen LogP contribution in [0.2, 0.25) is 0 Å². The molecule has 0 aliphatic carbocycles. The zero-order valence-corrected chi connectivity index (χ0v) is 9.90. The Labute approximate surface area is 95.1 Å². The van der Waals surface area contributed by atoms with Crippen LogP contribution in [-0.4, -0.2) is 6.26 Å². The van der Waals surface area contributed by atoms with Crippen molar-refractivity contribution in [2.45, 2.75) is 10.8 Å². The van der Waals surface area contributed by atoms with E-state index in [1.165, 1.54) is 11.3 Å². The van der Waals surface area contributed by atoms with Crippen LogP contribution in [0.15, 0.2) is 23.1 Å². The van der Waals surface area contributed by atoms with Crippen molar-refractivity contribution in [1.82, 2.24) is 0 Å². The normalized spacial score (nSPS) is 11.1. The molecule has 0 saturated carbocycles. The maximum atomic E-state index is 13.4. The van der Waals surface area contributed by atoms with Gasteiger partial charge in [0.2, 0.25) is 0 Å². The average molecular weight is 247 g/mol. The molecule has 0 radical (unpaired) electrons. The van der Waals surface area contributed by atoms with Gasteiger partial charge in [-0.05, 0) is 12.3 Å². The number of hydrogen-bond donors (Lipinski definition) is 0. The van der Waals surface area contributed by atoms with Crippen molar-refractivity contribution in [3.63, 3.8) is 0 Å². The lowest BCUT2D eigenvalue weighted by Gasteiger charge is -1.97. The first kappa shape index (κ1) is 10.3. The standard InChI is InChI=1S/C10H8ClFS2/c1-13-8-4-2-3-6-7(5-11)10(12)14-9(6)8/h2-4H,5H2,1H3. The molecule has 0 fully saturated rings. The van der Waals surface area contributed by atoms with Gasteiger partial charge in [0.1, 0.15) is 0 Å². The van der Waals surface area contributed by atoms with E-state index in [1.807, 2.05) is 24.5 Å². The Hall–Kier alpha value is -0.250. The van der Waals surface area contributed by atoms with Gasteiger partial charge < -0.3 is 0 Å². The van der Waals surface area contributed by atoms with Crippen molar-refractivity contribution in [1.29, 1.82) is 0 Å². The fraction of sp³-hybridized carbons (Fsp3) is 0.200. The van der Waals surface area contributed by atoms with Crippen molar-refractivity contribution in [3.8, 4) is 0 Å². The molecule has 0 saturated heterocycles. The Bertz CT molecular complexity index is 464. The van der Waals surface area contributed by atoms with Crippen molar-refractivity contribution in [3.05, 3.63) is 28.9 Å². The Morgan fingerprint density at radius 3 is 2.93 bits per heavy atom. The van der Waals surface area contributed by atoms with Gasteiger partial charge in [0.05, 0.1) is 10.6 Å². The van der Waals surface area contributed by atoms with Gasteiger partial charge >= 0.3 is 0 Å². The number of thiophene rings is 1. The zero-order chi connectivity index (χ0) is 10.1. The number of fused-ring (bicyclic) bond motifs is 1. The van der Waals surface area contributed by atoms with Crippen LogP contribution in [0, 0.1) is 5.13 Å². The maximum absolute atomic E-state index is 13.4. The second-order valence-corrected chi connectivity index (χ2v) is 4.91. The van der Waals surface area contributed by atoms with Crippen LogP contribution in [0.4, 0.5) is 4.39 Å². The summed E-state index contributed by atoms with van der Waals surface area (Å²) in [7, 11) is 0. The van der Waals surface area contributed by atoms with Crippen molar-refractivity contribution < 1.29 is 4.39 Å². The molecule has 4 heteroatoms. The highest BCUT2D eigenvalue weighted by atomic mass is 35.5. The molecule has 14 heavy (non-hydrogen) atoms. The molecule has 2 aromatic rings. The molecule has 1 heterocycles. The molecule has 0 atom stereocenters. The SMILES string of the molecule is CSc1cccc2c(CCl)c(F)sc12. The van der Waals surface area contributed by atoms with E-state index in [9.17, 15) is 4.39 Å². The summed E-state index contributed by atoms with van der Waals surface area (Å²) in [6, 6.07) is 5.86. The quantitative estimate of drug-likeness (QED) is 0.555. The summed E-state index contributed by atoms with van der Waals surface area (Å²) in [5, 5.41) is 0.797. The number of alkyl halides is 1. The van der Waals surface area contributed by atoms with Gasteiger partial charge in [-0.25, -0.2) is 0 Å². The molecule has 0 bridgehead atoms. The first-order valence-electron chi connectivity index (χ1n) is 4.07. The van der Waals surface area contributed by atoms with E-state index in [0.29, 0.717) is 5.56 Å². The molecule has 0 spiro atoms. The number of thioether (sulfide) groups is 1. The fourth-order valence-electron chi connectivity index (χ4n) is 1.40. The minimum Gasteiger partial charge on any atom is -0.195 e. The van der Waals surface area contributed by atoms with Crippen LogP contribution in [0.25, 0.3) is 10.1 Å². The number of rotatable bonds is 2. The van der Waals surface area contributed by atoms with Crippen molar-refractivity contribution in [2.75, 3.05) is 6.26 Å². The lowest BCUT2D eigenvalue weighted by atomic mass is 10.2. The Morgan fingerprint density at radius 1 is 1.50 bits per heavy atom. The van der Waals surface area contributed by atoms with Crippen LogP contribution in [0.1, 0.15) is 5.56 Å². The minimum absolute atomic E-state index is 0.156. The van der Waals surface area contributed by atoms with Crippen LogP contribution in [0.5, 0.6) is 0 Å². The predicted molar refractivity (Wildman–Crippen MR) is 63.1 cm³/mol. The second kappa shape index (κ2) is 4.09. The van der Waals surface area contributed by atoms with E-state index in [2.05, 4.69) is 0 Å². The second-order valence-electron chi connectivity index (χ2n) is 2.82. The van der Waals surface area contributed by atoms with Crippen LogP contribution < -0.4 is 0 Å². The summed E-state index contributed by atoms with van der Waals surface area (Å²) < 4.78 is 14.5. The van der Waals surface area contributed by atoms with E-state index in [-0.39, 0.29) is 11.0 Å². The Balaban J connectivity index is 2.79. The van der Waals surface area contributed by atoms with Gasteiger partial charge in [-0.15, -0.1) is 34.7 Å². The van der Waals surface area contributed by atoms with Gasteiger partial charge in [0, 0.05) is 15.8 Å². The Morgan fingerprint density at radius 2 is 2.29 bits per heavy atom. The third-order valence-corrected chi connectivity index (χ3v) is 4.33. The molecule has 0 unspecified atom stereocenters. The third-order valence-electron chi connectivity index (χ3n) is 2.09. The molecule has 0 amide bonds. The molecule has 1 aromatic heterocycles. The van der Waals surface area contributed by atoms with Gasteiger partial charge in [-0.1, -0.05) is 12.1 Å². The molecule has 74 valence electrons. The summed E-state index contributed by atoms with van der Waals surface area (Å²) in [4.78, 5) is 1.11. The topological polar surface area (TPSA) is 0 Å². The highest BCUT2D eigenvalue weighted by Crippen LogP contribution is 2.36. The van der Waals surface area contributed by atoms with Gasteiger partial charge in [0.15, 0.2) is 5.13 Å². The lowest BCUT2D eigenvalue weighted by Crippen LogP contribution is -1.77. The summed E-state index contributed by atoms with van der Waals surface area (Å²) in [5.74, 6) is 0.240. The average Bonchev–Trinajstić information content (AvgIpc) is 2.52. The van der Waals surface area contributed by atoms with Crippen molar-refractivity contribution >= 4 is 44.8 Å². The van der Waals surface area contributed by atoms with E-state index < -0.39 is 0 Å². The van der Waals surface area contributed by atoms with Crippen LogP contribution >= 0.6 is 34.7 Å². The van der Waals surface area contributed by atoms with Gasteiger partial charge in [0.25, 0.3) is 0 Å². The molecule has 1 aromatic carbocycles. The van der Waals surface area contributed by atoms with Gasteiger partial charge in [-0.2, -0.15) is 4.39 Å². The third kappa shape index (κ3) is 1.53. The lowest BCUT2D eigenvalue weighted by molar-refractivity contribution is 0.648. The molecule has 0 nitrogen and oxygen atoms in total. The summed E-state index contributed by atoms with van der Waals surface area (Å²) in [6.07, 6.45) is 1.99. The van der Waals surface area contributed by atoms with Gasteiger partial charge in [-0.3, -0.25) is 0 Å². The maximum Gasteiger partial charge on any atom is 0.182 e. The molecular weight excluding hydrogens is 239 g/mol. The largest absolute Gasteiger partial charge is 0.195 e. The first-order valence-corrected chi connectivity index (χ1v) is 6.65. The molecule has 0 aliphatic rings. The highest BCUT2D eigenvalue weighted by molar-refractivity contribution is 7.99. The van der Waals surface area contributed by atoms with Crippen molar-refractivity contribution in [2.24, 2.45) is 0 Å². The number of hydrogen-bond acceptors (Lipinski definition) is 2. The fourth-order valence-corrected chi connectivity index (χ4v) is 3.58. The summed E-state index contributed by atoms with van der Waals surface area (Å²) >= 11 is 8.52. The zero-order valence-electron chi connectivity index (χ0n) is 7.51. The van der Waals surface area contributed by atoms with Crippen LogP contribution in [-0.2, 0) is 5.88 Å². The Kier molecular flexibility index (Phi) is 3.00. The number of halogens is 2. The van der Waals surface area contributed by atoms with E-state index in [4.69, 9.17) is 11.6 Å². The monoisotopic (exact) mass is 246 g/mol. The predicted octanol–water partition coefficient (Wildman–Crippen LogP) is 4.50. The molecular formula is C10H8ClFS2. The first-order chi connectivity index (χ1) is 6.77. The molecule has 0 aliphatic heterocycles. The summed E-state index contributed by atoms with van der Waals surface area (Å²) in [5.41, 5.74) is 0.627. The smallest absolute Gasteiger partial charge is 0.182 e. The van der Waals surface area contributed by atoms with E-state index in [0.717, 1.165) is 15.0 Å². The van der Waals surface area contributed by atoms with E-state index >= 15 is 0 Å². The highest BCUT2D eigenvalue weighted by Gasteiger charge is 2.12. The molecule has 0 N–H and O–H groups in total. The van der Waals surface area contributed by atoms with Crippen LogP contribution in [0.3, 0.4) is 0 Å².